The van der Waals surface area contributed by atoms with Crippen molar-refractivity contribution in [3.63, 3.8) is 0 Å². The number of rotatable bonds is 8. The lowest BCUT2D eigenvalue weighted by Gasteiger charge is -2.58. The second-order valence-electron chi connectivity index (χ2n) is 14.0. The number of aliphatic carboxylic acids is 1. The molecule has 1 saturated heterocycles. The topological polar surface area (TPSA) is 109 Å². The minimum Gasteiger partial charge on any atom is -0.481 e. The third-order valence-corrected chi connectivity index (χ3v) is 11.4. The van der Waals surface area contributed by atoms with Gasteiger partial charge in [-0.1, -0.05) is 38.8 Å². The predicted octanol–water partition coefficient (Wildman–Crippen LogP) is 4.44. The molecule has 0 radical (unpaired) electrons. The van der Waals surface area contributed by atoms with Gasteiger partial charge in [0.25, 0.3) is 0 Å². The van der Waals surface area contributed by atoms with Crippen molar-refractivity contribution in [3.8, 4) is 0 Å². The van der Waals surface area contributed by atoms with Gasteiger partial charge in [-0.2, -0.15) is 0 Å². The second-order valence-corrected chi connectivity index (χ2v) is 14.0. The number of allylic oxidation sites excluding steroid dienone is 1. The van der Waals surface area contributed by atoms with Crippen LogP contribution in [-0.2, 0) is 25.6 Å². The van der Waals surface area contributed by atoms with Gasteiger partial charge in [0.1, 0.15) is 23.6 Å². The number of hydrogen-bond donors (Lipinski definition) is 2. The van der Waals surface area contributed by atoms with E-state index in [9.17, 15) is 19.8 Å². The van der Waals surface area contributed by atoms with Crippen LogP contribution in [0, 0.1) is 52.8 Å². The van der Waals surface area contributed by atoms with Crippen molar-refractivity contribution in [2.75, 3.05) is 19.7 Å². The van der Waals surface area contributed by atoms with E-state index in [-0.39, 0.29) is 36.4 Å². The number of β-amino-alcohol motifs (C(OH)–C–C–N with tert-alkyl or cyclic N) is 1. The molecular weight excluding hydrogens is 510 g/mol. The number of aldehydes is 1. The lowest BCUT2D eigenvalue weighted by atomic mass is 9.43. The standard InChI is InChI=1S/C32H45NO7/c1-18(2)26-9-22-10-30(16-34)25-7-6-20(4)24(25)11-31(22,32(26,30)29(36)37)17-39-28-27(35)14-33(12-21(5)40-28)13-23-8-19(3)15-38-23/h8-9,15-16,18,20-22,24-25,27-28,35H,6-7,10-14,17H2,1-5H3,(H,36,37)/t20-,21-,22+,24-,25-,27+,28-,30+,31+,32+/m1/s1. The number of carboxylic acid groups (broad SMARTS) is 1. The Labute approximate surface area is 237 Å². The van der Waals surface area contributed by atoms with E-state index < -0.39 is 34.6 Å². The number of carbonyl (C=O) groups is 2. The SMILES string of the molecule is Cc1coc(CN2C[C@@H](C)O[C@@H](OC[C@@]34C[C@@H]5[C@H](C)CC[C@H]5[C@@]5(C=O)C[C@@H]3C=C(C(C)C)[C@@]45C(=O)O)[C@@H](O)C2)c1. The van der Waals surface area contributed by atoms with Gasteiger partial charge in [0.05, 0.1) is 30.9 Å². The van der Waals surface area contributed by atoms with Gasteiger partial charge in [-0.15, -0.1) is 0 Å². The van der Waals surface area contributed by atoms with Gasteiger partial charge in [0.2, 0.25) is 0 Å². The summed E-state index contributed by atoms with van der Waals surface area (Å²) in [5.74, 6) is 0.704. The summed E-state index contributed by atoms with van der Waals surface area (Å²) in [5, 5.41) is 22.4. The molecule has 0 amide bonds. The molecule has 2 heterocycles. The maximum atomic E-state index is 13.6. The molecular formula is C32H45NO7. The molecule has 5 aliphatic rings. The zero-order chi connectivity index (χ0) is 28.6. The highest BCUT2D eigenvalue weighted by molar-refractivity contribution is 5.90. The Kier molecular flexibility index (Phi) is 6.88. The van der Waals surface area contributed by atoms with Crippen LogP contribution in [-0.4, -0.2) is 65.6 Å². The molecule has 4 bridgehead atoms. The number of aryl methyl sites for hydroxylation is 1. The van der Waals surface area contributed by atoms with Crippen molar-refractivity contribution in [3.05, 3.63) is 35.3 Å². The fourth-order valence-corrected chi connectivity index (χ4v) is 10.1. The average Bonchev–Trinajstić information content (AvgIpc) is 3.57. The molecule has 2 N–H and O–H groups in total. The Morgan fingerprint density at radius 1 is 1.25 bits per heavy atom. The number of hydrogen-bond acceptors (Lipinski definition) is 7. The van der Waals surface area contributed by atoms with Gasteiger partial charge in [-0.05, 0) is 74.3 Å². The van der Waals surface area contributed by atoms with Gasteiger partial charge >= 0.3 is 5.97 Å². The monoisotopic (exact) mass is 555 g/mol. The van der Waals surface area contributed by atoms with Crippen molar-refractivity contribution >= 4 is 12.3 Å². The first-order valence-corrected chi connectivity index (χ1v) is 15.1. The minimum absolute atomic E-state index is 0.00835. The van der Waals surface area contributed by atoms with E-state index in [0.29, 0.717) is 32.0 Å². The Morgan fingerprint density at radius 3 is 2.67 bits per heavy atom. The first kappa shape index (κ1) is 28.1. The van der Waals surface area contributed by atoms with Gasteiger partial charge in [-0.3, -0.25) is 9.69 Å². The van der Waals surface area contributed by atoms with Crippen LogP contribution >= 0.6 is 0 Å². The smallest absolute Gasteiger partial charge is 0.315 e. The molecule has 0 aromatic carbocycles. The molecule has 4 fully saturated rings. The molecule has 1 aromatic rings. The maximum absolute atomic E-state index is 13.6. The number of nitrogens with zero attached hydrogens (tertiary/aromatic N) is 1. The average molecular weight is 556 g/mol. The van der Waals surface area contributed by atoms with Crippen LogP contribution in [0.4, 0.5) is 0 Å². The van der Waals surface area contributed by atoms with Crippen molar-refractivity contribution < 1.29 is 33.7 Å². The fourth-order valence-electron chi connectivity index (χ4n) is 10.1. The molecule has 10 atom stereocenters. The third-order valence-electron chi connectivity index (χ3n) is 11.4. The number of aliphatic hydroxyl groups excluding tert-OH is 1. The highest BCUT2D eigenvalue weighted by Crippen LogP contribution is 2.82. The number of carbonyl (C=O) groups excluding carboxylic acids is 1. The maximum Gasteiger partial charge on any atom is 0.315 e. The van der Waals surface area contributed by atoms with Crippen LogP contribution in [0.15, 0.2) is 28.4 Å². The van der Waals surface area contributed by atoms with E-state index in [2.05, 4.69) is 17.9 Å². The van der Waals surface area contributed by atoms with Crippen LogP contribution in [0.2, 0.25) is 0 Å². The number of carboxylic acids is 1. The summed E-state index contributed by atoms with van der Waals surface area (Å²) in [7, 11) is 0. The fraction of sp³-hybridized carbons (Fsp3) is 0.750. The number of aliphatic hydroxyl groups is 1. The van der Waals surface area contributed by atoms with E-state index >= 15 is 0 Å². The van der Waals surface area contributed by atoms with Gasteiger partial charge in [-0.25, -0.2) is 0 Å². The van der Waals surface area contributed by atoms with Crippen molar-refractivity contribution in [2.45, 2.75) is 85.3 Å². The zero-order valence-corrected chi connectivity index (χ0v) is 24.5. The lowest BCUT2D eigenvalue weighted by Crippen LogP contribution is -2.63. The summed E-state index contributed by atoms with van der Waals surface area (Å²) in [6.07, 6.45) is 6.16. The van der Waals surface area contributed by atoms with E-state index in [0.717, 1.165) is 42.4 Å². The van der Waals surface area contributed by atoms with Crippen LogP contribution in [0.5, 0.6) is 0 Å². The highest BCUT2D eigenvalue weighted by Gasteiger charge is 2.84. The van der Waals surface area contributed by atoms with E-state index in [1.165, 1.54) is 0 Å². The molecule has 6 rings (SSSR count). The summed E-state index contributed by atoms with van der Waals surface area (Å²) in [4.78, 5) is 29.0. The number of furan rings is 1. The van der Waals surface area contributed by atoms with Crippen LogP contribution in [0.3, 0.4) is 0 Å². The summed E-state index contributed by atoms with van der Waals surface area (Å²) in [6.45, 7) is 12.0. The quantitative estimate of drug-likeness (QED) is 0.358. The number of fused-ring (bicyclic) bond motifs is 2. The first-order valence-electron chi connectivity index (χ1n) is 15.1. The molecule has 220 valence electrons. The predicted molar refractivity (Wildman–Crippen MR) is 147 cm³/mol. The lowest BCUT2D eigenvalue weighted by molar-refractivity contribution is -0.235. The Balaban J connectivity index is 1.31. The third kappa shape index (κ3) is 3.71. The van der Waals surface area contributed by atoms with Crippen molar-refractivity contribution in [1.82, 2.24) is 4.90 Å². The van der Waals surface area contributed by atoms with Crippen molar-refractivity contribution in [2.24, 2.45) is 45.8 Å². The molecule has 1 aliphatic heterocycles. The van der Waals surface area contributed by atoms with Crippen molar-refractivity contribution in [1.29, 1.82) is 0 Å². The van der Waals surface area contributed by atoms with E-state index in [4.69, 9.17) is 13.9 Å². The number of ether oxygens (including phenoxy) is 2. The Morgan fingerprint density at radius 2 is 2.02 bits per heavy atom. The molecule has 4 aliphatic carbocycles. The van der Waals surface area contributed by atoms with Crippen LogP contribution < -0.4 is 0 Å². The first-order chi connectivity index (χ1) is 19.0. The Hall–Kier alpha value is -2.00. The van der Waals surface area contributed by atoms with E-state index in [1.807, 2.05) is 33.8 Å². The molecule has 0 unspecified atom stereocenters. The molecule has 8 heteroatoms. The van der Waals surface area contributed by atoms with Crippen LogP contribution in [0.25, 0.3) is 0 Å². The molecule has 40 heavy (non-hydrogen) atoms. The van der Waals surface area contributed by atoms with Gasteiger partial charge in [0, 0.05) is 18.5 Å². The van der Waals surface area contributed by atoms with Crippen LogP contribution in [0.1, 0.15) is 64.7 Å². The zero-order valence-electron chi connectivity index (χ0n) is 24.5. The van der Waals surface area contributed by atoms with Gasteiger partial charge in [0.15, 0.2) is 6.29 Å². The molecule has 1 aromatic heterocycles. The summed E-state index contributed by atoms with van der Waals surface area (Å²) in [5.41, 5.74) is -1.02. The Bertz CT molecular complexity index is 1190. The highest BCUT2D eigenvalue weighted by atomic mass is 16.7. The second kappa shape index (κ2) is 9.79. The summed E-state index contributed by atoms with van der Waals surface area (Å²) in [6, 6.07) is 2.00. The van der Waals surface area contributed by atoms with E-state index in [1.54, 1.807) is 6.26 Å². The largest absolute Gasteiger partial charge is 0.481 e. The minimum atomic E-state index is -1.30. The molecule has 0 spiro atoms. The summed E-state index contributed by atoms with van der Waals surface area (Å²) >= 11 is 0. The van der Waals surface area contributed by atoms with Gasteiger partial charge < -0.3 is 28.9 Å². The normalized spacial score (nSPS) is 44.5. The molecule has 8 nitrogen and oxygen atoms in total. The summed E-state index contributed by atoms with van der Waals surface area (Å²) < 4.78 is 18.4. The molecule has 3 saturated carbocycles.